The maximum absolute atomic E-state index is 6.44. The van der Waals surface area contributed by atoms with Crippen molar-refractivity contribution in [1.82, 2.24) is 5.32 Å². The van der Waals surface area contributed by atoms with E-state index in [4.69, 9.17) is 23.2 Å². The van der Waals surface area contributed by atoms with Crippen LogP contribution in [0.3, 0.4) is 0 Å². The van der Waals surface area contributed by atoms with E-state index in [9.17, 15) is 0 Å². The van der Waals surface area contributed by atoms with Gasteiger partial charge >= 0.3 is 0 Å². The molecule has 2 aliphatic carbocycles. The summed E-state index contributed by atoms with van der Waals surface area (Å²) in [6, 6.07) is 6.16. The Balaban J connectivity index is 1.77. The van der Waals surface area contributed by atoms with Gasteiger partial charge in [0.1, 0.15) is 0 Å². The van der Waals surface area contributed by atoms with E-state index in [1.165, 1.54) is 32.1 Å². The number of nitrogens with one attached hydrogen (secondary N) is 1. The van der Waals surface area contributed by atoms with Crippen LogP contribution >= 0.6 is 23.2 Å². The van der Waals surface area contributed by atoms with Gasteiger partial charge in [-0.1, -0.05) is 42.6 Å². The molecule has 1 N–H and O–H groups in total. The highest BCUT2D eigenvalue weighted by Crippen LogP contribution is 2.51. The molecule has 0 spiro atoms. The lowest BCUT2D eigenvalue weighted by Gasteiger charge is -2.28. The topological polar surface area (TPSA) is 12.0 Å². The lowest BCUT2D eigenvalue weighted by atomic mass is 9.82. The zero-order valence-electron chi connectivity index (χ0n) is 12.7. The van der Waals surface area contributed by atoms with Crippen molar-refractivity contribution in [3.05, 3.63) is 33.8 Å². The van der Waals surface area contributed by atoms with Crippen molar-refractivity contribution in [1.29, 1.82) is 0 Å². The summed E-state index contributed by atoms with van der Waals surface area (Å²) < 4.78 is 0. The van der Waals surface area contributed by atoms with Crippen molar-refractivity contribution >= 4 is 23.2 Å². The molecule has 0 aliphatic heterocycles. The quantitative estimate of drug-likeness (QED) is 0.690. The Morgan fingerprint density at radius 1 is 1.19 bits per heavy atom. The summed E-state index contributed by atoms with van der Waals surface area (Å²) in [7, 11) is 0. The lowest BCUT2D eigenvalue weighted by Crippen LogP contribution is -2.26. The van der Waals surface area contributed by atoms with E-state index in [2.05, 4.69) is 12.2 Å². The summed E-state index contributed by atoms with van der Waals surface area (Å²) in [4.78, 5) is 0. The summed E-state index contributed by atoms with van der Waals surface area (Å²) in [5.41, 5.74) is 1.11. The summed E-state index contributed by atoms with van der Waals surface area (Å²) in [5, 5.41) is 5.29. The number of hydrogen-bond donors (Lipinski definition) is 1. The molecule has 0 aromatic heterocycles. The average molecular weight is 326 g/mol. The van der Waals surface area contributed by atoms with E-state index in [0.29, 0.717) is 6.04 Å². The van der Waals surface area contributed by atoms with Crippen molar-refractivity contribution in [3.8, 4) is 0 Å². The van der Waals surface area contributed by atoms with Crippen LogP contribution in [-0.2, 0) is 0 Å². The molecular weight excluding hydrogens is 301 g/mol. The van der Waals surface area contributed by atoms with E-state index in [0.717, 1.165) is 46.3 Å². The van der Waals surface area contributed by atoms with Crippen molar-refractivity contribution in [2.24, 2.45) is 17.8 Å². The van der Waals surface area contributed by atoms with E-state index < -0.39 is 0 Å². The third-order valence-electron chi connectivity index (χ3n) is 5.41. The van der Waals surface area contributed by atoms with Crippen LogP contribution in [-0.4, -0.2) is 6.54 Å². The van der Waals surface area contributed by atoms with E-state index >= 15 is 0 Å². The van der Waals surface area contributed by atoms with E-state index in [-0.39, 0.29) is 0 Å². The highest BCUT2D eigenvalue weighted by Gasteiger charge is 2.40. The molecule has 1 aromatic carbocycles. The normalized spacial score (nSPS) is 29.0. The highest BCUT2D eigenvalue weighted by atomic mass is 35.5. The summed E-state index contributed by atoms with van der Waals surface area (Å²) in [6.45, 7) is 3.23. The van der Waals surface area contributed by atoms with Crippen molar-refractivity contribution < 1.29 is 0 Å². The molecule has 2 bridgehead atoms. The molecule has 4 atom stereocenters. The van der Waals surface area contributed by atoms with Gasteiger partial charge in [-0.05, 0) is 68.5 Å². The second-order valence-electron chi connectivity index (χ2n) is 6.81. The van der Waals surface area contributed by atoms with Crippen LogP contribution in [0.5, 0.6) is 0 Å². The molecule has 4 unspecified atom stereocenters. The fourth-order valence-corrected chi connectivity index (χ4v) is 5.09. The first-order chi connectivity index (χ1) is 10.2. The molecule has 2 saturated carbocycles. The lowest BCUT2D eigenvalue weighted by molar-refractivity contribution is 0.279. The van der Waals surface area contributed by atoms with Crippen LogP contribution in [0, 0.1) is 17.8 Å². The first kappa shape index (κ1) is 15.6. The molecule has 3 heteroatoms. The third-order valence-corrected chi connectivity index (χ3v) is 6.07. The van der Waals surface area contributed by atoms with Gasteiger partial charge < -0.3 is 5.32 Å². The zero-order valence-corrected chi connectivity index (χ0v) is 14.3. The fourth-order valence-electron chi connectivity index (χ4n) is 4.43. The van der Waals surface area contributed by atoms with Crippen LogP contribution in [0.2, 0.25) is 10.0 Å². The molecule has 1 aromatic rings. The maximum atomic E-state index is 6.44. The van der Waals surface area contributed by atoms with E-state index in [1.54, 1.807) is 0 Å². The SMILES string of the molecule is CCCNC(CC1CC2CCC1C2)c1c(Cl)cccc1Cl. The Kier molecular flexibility index (Phi) is 5.14. The average Bonchev–Trinajstić information content (AvgIpc) is 3.06. The smallest absolute Gasteiger partial charge is 0.0468 e. The molecule has 2 aliphatic rings. The van der Waals surface area contributed by atoms with Crippen molar-refractivity contribution in [2.75, 3.05) is 6.54 Å². The third kappa shape index (κ3) is 3.41. The zero-order chi connectivity index (χ0) is 14.8. The number of rotatable bonds is 6. The second kappa shape index (κ2) is 6.89. The Labute approximate surface area is 138 Å². The molecule has 0 amide bonds. The van der Waals surface area contributed by atoms with Crippen molar-refractivity contribution in [2.45, 2.75) is 51.5 Å². The van der Waals surface area contributed by atoms with Crippen LogP contribution in [0.1, 0.15) is 57.1 Å². The molecular formula is C18H25Cl2N. The Hall–Kier alpha value is -0.240. The predicted octanol–water partition coefficient (Wildman–Crippen LogP) is 5.86. The molecule has 0 heterocycles. The van der Waals surface area contributed by atoms with Gasteiger partial charge in [-0.3, -0.25) is 0 Å². The first-order valence-corrected chi connectivity index (χ1v) is 9.12. The predicted molar refractivity (Wildman–Crippen MR) is 91.1 cm³/mol. The first-order valence-electron chi connectivity index (χ1n) is 8.36. The number of hydrogen-bond acceptors (Lipinski definition) is 1. The van der Waals surface area contributed by atoms with Crippen molar-refractivity contribution in [3.63, 3.8) is 0 Å². The van der Waals surface area contributed by atoms with Crippen LogP contribution < -0.4 is 5.32 Å². The molecule has 2 fully saturated rings. The van der Waals surface area contributed by atoms with Gasteiger partial charge in [0.15, 0.2) is 0 Å². The summed E-state index contributed by atoms with van der Waals surface area (Å²) in [5.74, 6) is 2.79. The van der Waals surface area contributed by atoms with E-state index in [1.807, 2.05) is 18.2 Å². The van der Waals surface area contributed by atoms with Gasteiger partial charge in [-0.15, -0.1) is 0 Å². The highest BCUT2D eigenvalue weighted by molar-refractivity contribution is 6.36. The van der Waals surface area contributed by atoms with Gasteiger partial charge in [0, 0.05) is 21.7 Å². The summed E-state index contributed by atoms with van der Waals surface area (Å²) in [6.07, 6.45) is 8.09. The molecule has 0 radical (unpaired) electrons. The Morgan fingerprint density at radius 2 is 1.95 bits per heavy atom. The molecule has 3 rings (SSSR count). The van der Waals surface area contributed by atoms with Gasteiger partial charge in [-0.2, -0.15) is 0 Å². The molecule has 21 heavy (non-hydrogen) atoms. The minimum Gasteiger partial charge on any atom is -0.310 e. The van der Waals surface area contributed by atoms with Crippen LogP contribution in [0.15, 0.2) is 18.2 Å². The number of benzene rings is 1. The standard InChI is InChI=1S/C18H25Cl2N/c1-2-8-21-17(18-15(19)4-3-5-16(18)20)11-14-10-12-6-7-13(14)9-12/h3-5,12-14,17,21H,2,6-11H2,1H3. The van der Waals surface area contributed by atoms with Gasteiger partial charge in [0.25, 0.3) is 0 Å². The van der Waals surface area contributed by atoms with Crippen LogP contribution in [0.25, 0.3) is 0 Å². The maximum Gasteiger partial charge on any atom is 0.0468 e. The van der Waals surface area contributed by atoms with Gasteiger partial charge in [-0.25, -0.2) is 0 Å². The fraction of sp³-hybridized carbons (Fsp3) is 0.667. The second-order valence-corrected chi connectivity index (χ2v) is 7.63. The number of fused-ring (bicyclic) bond motifs is 2. The number of halogens is 2. The minimum absolute atomic E-state index is 0.301. The monoisotopic (exact) mass is 325 g/mol. The largest absolute Gasteiger partial charge is 0.310 e. The minimum atomic E-state index is 0.301. The van der Waals surface area contributed by atoms with Gasteiger partial charge in [0.2, 0.25) is 0 Å². The van der Waals surface area contributed by atoms with Gasteiger partial charge in [0.05, 0.1) is 0 Å². The molecule has 116 valence electrons. The summed E-state index contributed by atoms with van der Waals surface area (Å²) >= 11 is 12.9. The Bertz CT molecular complexity index is 468. The molecule has 0 saturated heterocycles. The van der Waals surface area contributed by atoms with Crippen LogP contribution in [0.4, 0.5) is 0 Å². The molecule has 1 nitrogen and oxygen atoms in total. The Morgan fingerprint density at radius 3 is 2.52 bits per heavy atom.